The van der Waals surface area contributed by atoms with E-state index in [-0.39, 0.29) is 5.54 Å². The topological polar surface area (TPSA) is 59.1 Å². The molecule has 1 aromatic rings. The molecule has 1 unspecified atom stereocenters. The van der Waals surface area contributed by atoms with E-state index in [1.165, 1.54) is 0 Å². The molecule has 1 aromatic heterocycles. The maximum absolute atomic E-state index is 6.12. The Labute approximate surface area is 112 Å². The van der Waals surface area contributed by atoms with Crippen LogP contribution in [0.5, 0.6) is 0 Å². The Bertz CT molecular complexity index is 407. The number of anilines is 2. The number of halogens is 1. The molecule has 1 aliphatic heterocycles. The van der Waals surface area contributed by atoms with Gasteiger partial charge in [0.2, 0.25) is 5.95 Å². The average Bonchev–Trinajstić information content (AvgIpc) is 2.34. The van der Waals surface area contributed by atoms with Gasteiger partial charge in [0, 0.05) is 13.2 Å². The zero-order valence-electron chi connectivity index (χ0n) is 10.8. The van der Waals surface area contributed by atoms with Crippen molar-refractivity contribution in [3.05, 3.63) is 11.2 Å². The molecule has 2 N–H and O–H groups in total. The summed E-state index contributed by atoms with van der Waals surface area (Å²) in [6.45, 7) is 6.40. The van der Waals surface area contributed by atoms with E-state index in [0.29, 0.717) is 23.4 Å². The van der Waals surface area contributed by atoms with Gasteiger partial charge in [0.25, 0.3) is 0 Å². The first-order chi connectivity index (χ1) is 8.63. The standard InChI is InChI=1S/C12H19ClN4O/c1-3-14-11-15-7-9(13)10(16-11)17-12(2)5-4-6-18-8-12/h7H,3-6,8H2,1-2H3,(H2,14,15,16,17). The SMILES string of the molecule is CCNc1ncc(Cl)c(NC2(C)CCCOC2)n1. The maximum atomic E-state index is 6.12. The van der Waals surface area contributed by atoms with Crippen molar-refractivity contribution in [3.8, 4) is 0 Å². The lowest BCUT2D eigenvalue weighted by molar-refractivity contribution is 0.0539. The highest BCUT2D eigenvalue weighted by atomic mass is 35.5. The Balaban J connectivity index is 2.14. The van der Waals surface area contributed by atoms with Crippen LogP contribution in [0.2, 0.25) is 5.02 Å². The van der Waals surface area contributed by atoms with Crippen molar-refractivity contribution < 1.29 is 4.74 Å². The Kier molecular flexibility index (Phi) is 4.24. The highest BCUT2D eigenvalue weighted by Gasteiger charge is 2.28. The quantitative estimate of drug-likeness (QED) is 0.881. The Morgan fingerprint density at radius 3 is 3.06 bits per heavy atom. The van der Waals surface area contributed by atoms with E-state index >= 15 is 0 Å². The summed E-state index contributed by atoms with van der Waals surface area (Å²) in [5, 5.41) is 6.98. The second kappa shape index (κ2) is 5.71. The fraction of sp³-hybridized carbons (Fsp3) is 0.667. The lowest BCUT2D eigenvalue weighted by Crippen LogP contribution is -2.43. The van der Waals surface area contributed by atoms with Crippen molar-refractivity contribution in [1.82, 2.24) is 9.97 Å². The van der Waals surface area contributed by atoms with Gasteiger partial charge < -0.3 is 15.4 Å². The van der Waals surface area contributed by atoms with Gasteiger partial charge in [-0.25, -0.2) is 4.98 Å². The normalized spacial score (nSPS) is 23.7. The van der Waals surface area contributed by atoms with Gasteiger partial charge in [0.05, 0.1) is 18.3 Å². The lowest BCUT2D eigenvalue weighted by Gasteiger charge is -2.35. The van der Waals surface area contributed by atoms with Crippen LogP contribution in [0.4, 0.5) is 11.8 Å². The minimum atomic E-state index is -0.111. The van der Waals surface area contributed by atoms with Crippen LogP contribution in [-0.2, 0) is 4.74 Å². The number of hydrogen-bond donors (Lipinski definition) is 2. The summed E-state index contributed by atoms with van der Waals surface area (Å²) in [6.07, 6.45) is 3.71. The van der Waals surface area contributed by atoms with Crippen LogP contribution >= 0.6 is 11.6 Å². The van der Waals surface area contributed by atoms with Gasteiger partial charge in [-0.3, -0.25) is 0 Å². The highest BCUT2D eigenvalue weighted by molar-refractivity contribution is 6.32. The first-order valence-electron chi connectivity index (χ1n) is 6.25. The number of nitrogens with one attached hydrogen (secondary N) is 2. The fourth-order valence-corrected chi connectivity index (χ4v) is 2.15. The van der Waals surface area contributed by atoms with E-state index < -0.39 is 0 Å². The molecule has 100 valence electrons. The minimum Gasteiger partial charge on any atom is -0.379 e. The molecule has 5 nitrogen and oxygen atoms in total. The van der Waals surface area contributed by atoms with Crippen LogP contribution in [-0.4, -0.2) is 35.3 Å². The van der Waals surface area contributed by atoms with E-state index in [0.717, 1.165) is 26.0 Å². The number of ether oxygens (including phenoxy) is 1. The summed E-state index contributed by atoms with van der Waals surface area (Å²) in [4.78, 5) is 8.50. The van der Waals surface area contributed by atoms with Crippen LogP contribution in [0.15, 0.2) is 6.20 Å². The summed E-state index contributed by atoms with van der Waals surface area (Å²) in [5.74, 6) is 1.25. The van der Waals surface area contributed by atoms with E-state index in [1.54, 1.807) is 6.20 Å². The number of aromatic nitrogens is 2. The smallest absolute Gasteiger partial charge is 0.224 e. The summed E-state index contributed by atoms with van der Waals surface area (Å²) < 4.78 is 5.51. The Morgan fingerprint density at radius 2 is 2.39 bits per heavy atom. The van der Waals surface area contributed by atoms with E-state index in [2.05, 4.69) is 27.5 Å². The van der Waals surface area contributed by atoms with E-state index in [1.807, 2.05) is 6.92 Å². The van der Waals surface area contributed by atoms with Crippen LogP contribution in [0.25, 0.3) is 0 Å². The molecule has 1 fully saturated rings. The Morgan fingerprint density at radius 1 is 1.56 bits per heavy atom. The van der Waals surface area contributed by atoms with Crippen molar-refractivity contribution in [2.45, 2.75) is 32.2 Å². The fourth-order valence-electron chi connectivity index (χ4n) is 2.02. The van der Waals surface area contributed by atoms with Gasteiger partial charge in [-0.1, -0.05) is 11.6 Å². The van der Waals surface area contributed by atoms with E-state index in [9.17, 15) is 0 Å². The Hall–Kier alpha value is -1.07. The molecule has 1 atom stereocenters. The summed E-state index contributed by atoms with van der Waals surface area (Å²) >= 11 is 6.12. The van der Waals surface area contributed by atoms with Gasteiger partial charge >= 0.3 is 0 Å². The van der Waals surface area contributed by atoms with Crippen molar-refractivity contribution in [2.24, 2.45) is 0 Å². The zero-order valence-corrected chi connectivity index (χ0v) is 11.5. The lowest BCUT2D eigenvalue weighted by atomic mass is 9.95. The molecule has 1 saturated heterocycles. The third-order valence-electron chi connectivity index (χ3n) is 2.94. The first-order valence-corrected chi connectivity index (χ1v) is 6.63. The second-order valence-electron chi connectivity index (χ2n) is 4.76. The molecule has 0 bridgehead atoms. The third-order valence-corrected chi connectivity index (χ3v) is 3.21. The summed E-state index contributed by atoms with van der Waals surface area (Å²) in [6, 6.07) is 0. The molecule has 1 aliphatic rings. The molecule has 0 radical (unpaired) electrons. The molecule has 2 rings (SSSR count). The van der Waals surface area contributed by atoms with Crippen LogP contribution < -0.4 is 10.6 Å². The van der Waals surface area contributed by atoms with Crippen LogP contribution in [0, 0.1) is 0 Å². The minimum absolute atomic E-state index is 0.111. The van der Waals surface area contributed by atoms with Crippen molar-refractivity contribution in [2.75, 3.05) is 30.4 Å². The maximum Gasteiger partial charge on any atom is 0.224 e. The van der Waals surface area contributed by atoms with Gasteiger partial charge in [0.1, 0.15) is 5.02 Å². The average molecular weight is 271 g/mol. The van der Waals surface area contributed by atoms with Gasteiger partial charge in [0.15, 0.2) is 5.82 Å². The predicted molar refractivity (Wildman–Crippen MR) is 73.3 cm³/mol. The highest BCUT2D eigenvalue weighted by Crippen LogP contribution is 2.27. The van der Waals surface area contributed by atoms with Crippen molar-refractivity contribution >= 4 is 23.4 Å². The van der Waals surface area contributed by atoms with Crippen LogP contribution in [0.1, 0.15) is 26.7 Å². The van der Waals surface area contributed by atoms with Crippen LogP contribution in [0.3, 0.4) is 0 Å². The predicted octanol–water partition coefficient (Wildman–Crippen LogP) is 2.54. The zero-order chi connectivity index (χ0) is 13.0. The summed E-state index contributed by atoms with van der Waals surface area (Å²) in [7, 11) is 0. The largest absolute Gasteiger partial charge is 0.379 e. The molecule has 0 saturated carbocycles. The molecule has 2 heterocycles. The number of nitrogens with zero attached hydrogens (tertiary/aromatic N) is 2. The third kappa shape index (κ3) is 3.23. The number of rotatable bonds is 4. The molecular weight excluding hydrogens is 252 g/mol. The molecule has 0 aliphatic carbocycles. The molecule has 6 heteroatoms. The molecular formula is C12H19ClN4O. The monoisotopic (exact) mass is 270 g/mol. The first kappa shape index (κ1) is 13.4. The van der Waals surface area contributed by atoms with Gasteiger partial charge in [-0.05, 0) is 26.7 Å². The van der Waals surface area contributed by atoms with Crippen molar-refractivity contribution in [1.29, 1.82) is 0 Å². The van der Waals surface area contributed by atoms with Crippen molar-refractivity contribution in [3.63, 3.8) is 0 Å². The van der Waals surface area contributed by atoms with Gasteiger partial charge in [-0.15, -0.1) is 0 Å². The molecule has 18 heavy (non-hydrogen) atoms. The number of hydrogen-bond acceptors (Lipinski definition) is 5. The van der Waals surface area contributed by atoms with Gasteiger partial charge in [-0.2, -0.15) is 4.98 Å². The molecule has 0 aromatic carbocycles. The second-order valence-corrected chi connectivity index (χ2v) is 5.17. The molecule has 0 spiro atoms. The molecule has 0 amide bonds. The van der Waals surface area contributed by atoms with E-state index in [4.69, 9.17) is 16.3 Å². The summed E-state index contributed by atoms with van der Waals surface area (Å²) in [5.41, 5.74) is -0.111.